The van der Waals surface area contributed by atoms with Crippen LogP contribution in [0.25, 0.3) is 0 Å². The number of thiophene rings is 1. The van der Waals surface area contributed by atoms with Gasteiger partial charge in [-0.25, -0.2) is 13.1 Å². The van der Waals surface area contributed by atoms with Crippen LogP contribution in [0.4, 0.5) is 5.00 Å². The molecule has 9 nitrogen and oxygen atoms in total. The van der Waals surface area contributed by atoms with Crippen molar-refractivity contribution in [3.8, 4) is 0 Å². The van der Waals surface area contributed by atoms with Crippen LogP contribution in [0.5, 0.6) is 0 Å². The highest BCUT2D eigenvalue weighted by atomic mass is 32.2. The minimum atomic E-state index is -3.82. The molecule has 1 aliphatic heterocycles. The van der Waals surface area contributed by atoms with Crippen LogP contribution in [-0.2, 0) is 29.5 Å². The van der Waals surface area contributed by atoms with E-state index in [2.05, 4.69) is 22.2 Å². The molecule has 1 amide bonds. The first kappa shape index (κ1) is 31.8. The van der Waals surface area contributed by atoms with Crippen molar-refractivity contribution < 1.29 is 18.0 Å². The van der Waals surface area contributed by atoms with Crippen LogP contribution < -0.4 is 5.32 Å². The normalized spacial score (nSPS) is 13.8. The van der Waals surface area contributed by atoms with E-state index in [1.807, 2.05) is 64.1 Å². The first-order chi connectivity index (χ1) is 21.0. The van der Waals surface area contributed by atoms with Gasteiger partial charge in [0, 0.05) is 41.8 Å². The molecule has 0 saturated carbocycles. The minimum Gasteiger partial charge on any atom is -0.313 e. The van der Waals surface area contributed by atoms with Gasteiger partial charge in [0.05, 0.1) is 16.2 Å². The van der Waals surface area contributed by atoms with Crippen molar-refractivity contribution in [3.05, 3.63) is 99.2 Å². The maximum absolute atomic E-state index is 13.8. The smallest absolute Gasteiger partial charge is 0.281 e. The number of hydrogen-bond donors (Lipinski definition) is 1. The number of benzene rings is 2. The standard InChI is InChI=1S/C33H39N5O4S2/c1-6-17-36-18-16-28-29(21-36)43-32(30(28)33(40)38-24(5)19-23(4)35-38)34-31(39)26-12-14-27(15-13-26)44(41,42)37(22(2)3)20-25-10-8-7-9-11-25/h7-15,19,22H,6,16-18,20-21H2,1-5H3,(H,34,39). The monoisotopic (exact) mass is 633 g/mol. The van der Waals surface area contributed by atoms with Crippen LogP contribution in [0.1, 0.15) is 75.3 Å². The van der Waals surface area contributed by atoms with Crippen molar-refractivity contribution in [1.82, 2.24) is 19.0 Å². The highest BCUT2D eigenvalue weighted by Gasteiger charge is 2.31. The van der Waals surface area contributed by atoms with Gasteiger partial charge in [-0.3, -0.25) is 14.5 Å². The van der Waals surface area contributed by atoms with Gasteiger partial charge < -0.3 is 5.32 Å². The van der Waals surface area contributed by atoms with Crippen molar-refractivity contribution in [2.24, 2.45) is 0 Å². The molecule has 232 valence electrons. The second-order valence-corrected chi connectivity index (χ2v) is 14.5. The van der Waals surface area contributed by atoms with Crippen LogP contribution in [0.3, 0.4) is 0 Å². The molecule has 4 aromatic rings. The summed E-state index contributed by atoms with van der Waals surface area (Å²) >= 11 is 1.43. The van der Waals surface area contributed by atoms with E-state index in [0.29, 0.717) is 22.5 Å². The number of nitrogens with one attached hydrogen (secondary N) is 1. The summed E-state index contributed by atoms with van der Waals surface area (Å²) in [6, 6.07) is 17.0. The third-order valence-corrected chi connectivity index (χ3v) is 11.0. The molecule has 1 N–H and O–H groups in total. The SMILES string of the molecule is CCCN1CCc2c(sc(NC(=O)c3ccc(S(=O)(=O)N(Cc4ccccc4)C(C)C)cc3)c2C(=O)n2nc(C)cc2C)C1. The van der Waals surface area contributed by atoms with Gasteiger partial charge in [0.2, 0.25) is 10.0 Å². The summed E-state index contributed by atoms with van der Waals surface area (Å²) in [5.41, 5.74) is 4.11. The van der Waals surface area contributed by atoms with Gasteiger partial charge in [-0.15, -0.1) is 11.3 Å². The molecule has 0 bridgehead atoms. The van der Waals surface area contributed by atoms with Gasteiger partial charge in [0.25, 0.3) is 11.8 Å². The Labute approximate surface area is 263 Å². The summed E-state index contributed by atoms with van der Waals surface area (Å²) in [7, 11) is -3.82. The molecular weight excluding hydrogens is 595 g/mol. The Morgan fingerprint density at radius 1 is 1.07 bits per heavy atom. The molecule has 0 saturated heterocycles. The lowest BCUT2D eigenvalue weighted by Crippen LogP contribution is -2.36. The summed E-state index contributed by atoms with van der Waals surface area (Å²) in [5.74, 6) is -0.675. The summed E-state index contributed by atoms with van der Waals surface area (Å²) in [5, 5.41) is 7.88. The van der Waals surface area contributed by atoms with Crippen molar-refractivity contribution in [2.75, 3.05) is 18.4 Å². The number of carbonyl (C=O) groups excluding carboxylic acids is 2. The molecule has 0 atom stereocenters. The number of anilines is 1. The average Bonchev–Trinajstić information content (AvgIpc) is 3.53. The largest absolute Gasteiger partial charge is 0.313 e. The van der Waals surface area contributed by atoms with E-state index in [1.165, 1.54) is 44.6 Å². The molecule has 2 aromatic carbocycles. The molecule has 0 spiro atoms. The van der Waals surface area contributed by atoms with E-state index >= 15 is 0 Å². The summed E-state index contributed by atoms with van der Waals surface area (Å²) in [6.07, 6.45) is 1.75. The minimum absolute atomic E-state index is 0.113. The predicted octanol–water partition coefficient (Wildman–Crippen LogP) is 5.87. The zero-order valence-corrected chi connectivity index (χ0v) is 27.5. The van der Waals surface area contributed by atoms with Gasteiger partial charge in [-0.05, 0) is 88.5 Å². The number of amides is 1. The van der Waals surface area contributed by atoms with Crippen molar-refractivity contribution in [2.45, 2.75) is 71.5 Å². The lowest BCUT2D eigenvalue weighted by atomic mass is 10.0. The van der Waals surface area contributed by atoms with E-state index in [0.717, 1.165) is 53.4 Å². The number of sulfonamides is 1. The molecule has 0 fully saturated rings. The van der Waals surface area contributed by atoms with E-state index in [1.54, 1.807) is 0 Å². The molecule has 11 heteroatoms. The van der Waals surface area contributed by atoms with E-state index in [-0.39, 0.29) is 23.4 Å². The van der Waals surface area contributed by atoms with E-state index < -0.39 is 15.9 Å². The van der Waals surface area contributed by atoms with E-state index in [9.17, 15) is 18.0 Å². The van der Waals surface area contributed by atoms with Crippen LogP contribution in [0.15, 0.2) is 65.6 Å². The zero-order chi connectivity index (χ0) is 31.6. The fourth-order valence-electron chi connectivity index (χ4n) is 5.62. The molecule has 0 radical (unpaired) electrons. The second kappa shape index (κ2) is 13.2. The van der Waals surface area contributed by atoms with E-state index in [4.69, 9.17) is 0 Å². The number of fused-ring (bicyclic) bond motifs is 1. The van der Waals surface area contributed by atoms with Crippen molar-refractivity contribution >= 4 is 38.2 Å². The van der Waals surface area contributed by atoms with Gasteiger partial charge >= 0.3 is 0 Å². The highest BCUT2D eigenvalue weighted by Crippen LogP contribution is 2.38. The number of carbonyl (C=O) groups is 2. The lowest BCUT2D eigenvalue weighted by Gasteiger charge is -2.26. The molecule has 0 unspecified atom stereocenters. The maximum atomic E-state index is 13.8. The Hall–Kier alpha value is -3.64. The third kappa shape index (κ3) is 6.56. The second-order valence-electron chi connectivity index (χ2n) is 11.5. The predicted molar refractivity (Wildman–Crippen MR) is 174 cm³/mol. The first-order valence-electron chi connectivity index (χ1n) is 14.9. The fraction of sp³-hybridized carbons (Fsp3) is 0.364. The number of aryl methyl sites for hydroxylation is 2. The van der Waals surface area contributed by atoms with Crippen LogP contribution in [0.2, 0.25) is 0 Å². The molecule has 5 rings (SSSR count). The first-order valence-corrected chi connectivity index (χ1v) is 17.2. The molecule has 3 heterocycles. The molecular formula is C33H39N5O4S2. The number of rotatable bonds is 10. The Balaban J connectivity index is 1.42. The molecule has 2 aromatic heterocycles. The van der Waals surface area contributed by atoms with Crippen molar-refractivity contribution in [3.63, 3.8) is 0 Å². The Kier molecular flexibility index (Phi) is 9.50. The summed E-state index contributed by atoms with van der Waals surface area (Å²) < 4.78 is 30.0. The van der Waals surface area contributed by atoms with Crippen molar-refractivity contribution in [1.29, 1.82) is 0 Å². The number of nitrogens with zero attached hydrogens (tertiary/aromatic N) is 4. The average molecular weight is 634 g/mol. The van der Waals surface area contributed by atoms with Gasteiger partial charge in [0.15, 0.2) is 0 Å². The summed E-state index contributed by atoms with van der Waals surface area (Å²) in [4.78, 5) is 30.9. The quantitative estimate of drug-likeness (QED) is 0.234. The lowest BCUT2D eigenvalue weighted by molar-refractivity contribution is 0.0942. The Bertz CT molecular complexity index is 1760. The van der Waals surface area contributed by atoms with Crippen LogP contribution in [-0.4, -0.2) is 58.3 Å². The van der Waals surface area contributed by atoms with Crippen LogP contribution in [0, 0.1) is 13.8 Å². The fourth-order valence-corrected chi connectivity index (χ4v) is 8.52. The Morgan fingerprint density at radius 2 is 1.77 bits per heavy atom. The van der Waals surface area contributed by atoms with Crippen LogP contribution >= 0.6 is 11.3 Å². The molecule has 0 aliphatic carbocycles. The van der Waals surface area contributed by atoms with Gasteiger partial charge in [0.1, 0.15) is 5.00 Å². The molecule has 1 aliphatic rings. The third-order valence-electron chi connectivity index (χ3n) is 7.80. The highest BCUT2D eigenvalue weighted by molar-refractivity contribution is 7.89. The number of aromatic nitrogens is 2. The summed E-state index contributed by atoms with van der Waals surface area (Å²) in [6.45, 7) is 12.3. The zero-order valence-electron chi connectivity index (χ0n) is 25.8. The van der Waals surface area contributed by atoms with Gasteiger partial charge in [-0.1, -0.05) is 37.3 Å². The van der Waals surface area contributed by atoms with Gasteiger partial charge in [-0.2, -0.15) is 9.40 Å². The topological polar surface area (TPSA) is 105 Å². The maximum Gasteiger partial charge on any atom is 0.281 e. The molecule has 44 heavy (non-hydrogen) atoms. The number of hydrogen-bond acceptors (Lipinski definition) is 7. The Morgan fingerprint density at radius 3 is 2.39 bits per heavy atom.